The molecule has 0 spiro atoms. The highest BCUT2D eigenvalue weighted by molar-refractivity contribution is 9.11. The summed E-state index contributed by atoms with van der Waals surface area (Å²) in [5.74, 6) is 0. The molecule has 4 rings (SSSR count). The molecule has 148 valence electrons. The van der Waals surface area contributed by atoms with Crippen LogP contribution in [0.4, 0.5) is 4.79 Å². The van der Waals surface area contributed by atoms with Crippen LogP contribution in [0, 0.1) is 0 Å². The zero-order valence-electron chi connectivity index (χ0n) is 15.3. The van der Waals surface area contributed by atoms with Gasteiger partial charge in [0.05, 0.1) is 18.8 Å². The van der Waals surface area contributed by atoms with Crippen molar-refractivity contribution in [2.75, 3.05) is 26.2 Å². The second-order valence-electron chi connectivity index (χ2n) is 7.26. The number of nitrogens with zero attached hydrogens (tertiary/aromatic N) is 2. The number of fused-ring (bicyclic) bond motifs is 1. The van der Waals surface area contributed by atoms with Crippen LogP contribution in [0.3, 0.4) is 0 Å². The molecule has 1 aliphatic carbocycles. The summed E-state index contributed by atoms with van der Waals surface area (Å²) >= 11 is 7.06. The molecule has 7 heteroatoms. The monoisotopic (exact) mass is 507 g/mol. The third kappa shape index (κ3) is 4.27. The van der Waals surface area contributed by atoms with Crippen molar-refractivity contribution in [1.29, 1.82) is 0 Å². The molecule has 2 atom stereocenters. The molecular formula is C21H21Br2N2O3-. The lowest BCUT2D eigenvalue weighted by Crippen LogP contribution is -2.54. The third-order valence-electron chi connectivity index (χ3n) is 5.50. The van der Waals surface area contributed by atoms with Crippen molar-refractivity contribution in [2.45, 2.75) is 25.2 Å². The maximum absolute atomic E-state index is 11.1. The molecule has 1 heterocycles. The van der Waals surface area contributed by atoms with E-state index in [1.165, 1.54) is 16.0 Å². The summed E-state index contributed by atoms with van der Waals surface area (Å²) < 4.78 is 8.43. The Morgan fingerprint density at radius 1 is 1.07 bits per heavy atom. The number of hydrogen-bond acceptors (Lipinski definition) is 4. The maximum Gasteiger partial charge on any atom is 0.137 e. The number of benzene rings is 2. The average Bonchev–Trinajstić information content (AvgIpc) is 3.04. The number of carbonyl (C=O) groups is 1. The van der Waals surface area contributed by atoms with Crippen LogP contribution in [-0.2, 0) is 17.8 Å². The first-order chi connectivity index (χ1) is 13.5. The van der Waals surface area contributed by atoms with Gasteiger partial charge in [-0.05, 0) is 34.9 Å². The molecule has 1 aliphatic heterocycles. The van der Waals surface area contributed by atoms with Gasteiger partial charge in [-0.25, -0.2) is 0 Å². The van der Waals surface area contributed by atoms with Gasteiger partial charge in [0.25, 0.3) is 0 Å². The Morgan fingerprint density at radius 2 is 1.75 bits per heavy atom. The molecular weight excluding hydrogens is 488 g/mol. The van der Waals surface area contributed by atoms with Gasteiger partial charge in [-0.1, -0.05) is 56.1 Å². The number of hydrogen-bond donors (Lipinski definition) is 0. The second kappa shape index (κ2) is 8.53. The van der Waals surface area contributed by atoms with Crippen LogP contribution in [0.1, 0.15) is 22.7 Å². The fourth-order valence-electron chi connectivity index (χ4n) is 4.20. The van der Waals surface area contributed by atoms with Gasteiger partial charge in [0.15, 0.2) is 0 Å². The van der Waals surface area contributed by atoms with Gasteiger partial charge < -0.3 is 19.5 Å². The van der Waals surface area contributed by atoms with Gasteiger partial charge in [0, 0.05) is 41.5 Å². The Labute approximate surface area is 181 Å². The number of carbonyl (C=O) groups excluding carboxylic acids is 1. The molecule has 1 fully saturated rings. The lowest BCUT2D eigenvalue weighted by atomic mass is 10.1. The van der Waals surface area contributed by atoms with Crippen LogP contribution in [0.5, 0.6) is 0 Å². The first kappa shape index (κ1) is 19.9. The lowest BCUT2D eigenvalue weighted by Gasteiger charge is -2.41. The highest BCUT2D eigenvalue weighted by Crippen LogP contribution is 2.38. The summed E-state index contributed by atoms with van der Waals surface area (Å²) in [6, 6.07) is 14.8. The first-order valence-corrected chi connectivity index (χ1v) is 10.9. The fraction of sp³-hybridized carbons (Fsp3) is 0.381. The van der Waals surface area contributed by atoms with Crippen LogP contribution in [0.15, 0.2) is 51.4 Å². The van der Waals surface area contributed by atoms with Crippen molar-refractivity contribution < 1.29 is 14.6 Å². The Morgan fingerprint density at radius 3 is 2.43 bits per heavy atom. The Hall–Kier alpha value is -1.41. The summed E-state index contributed by atoms with van der Waals surface area (Å²) in [6.45, 7) is 2.87. The molecule has 2 aliphatic rings. The minimum atomic E-state index is -1.08. The molecule has 0 aromatic heterocycles. The normalized spacial score (nSPS) is 22.3. The van der Waals surface area contributed by atoms with Crippen LogP contribution in [0.25, 0.3) is 0 Å². The predicted octanol–water partition coefficient (Wildman–Crippen LogP) is 3.36. The molecule has 2 unspecified atom stereocenters. The number of carboxylic acid groups (broad SMARTS) is 1. The molecule has 2 aromatic rings. The van der Waals surface area contributed by atoms with Crippen molar-refractivity contribution in [3.05, 3.63) is 68.1 Å². The summed E-state index contributed by atoms with van der Waals surface area (Å²) in [5.41, 5.74) is 3.72. The van der Waals surface area contributed by atoms with Gasteiger partial charge in [0.1, 0.15) is 6.09 Å². The van der Waals surface area contributed by atoms with Crippen LogP contribution in [-0.4, -0.2) is 48.2 Å². The zero-order chi connectivity index (χ0) is 19.7. The Bertz CT molecular complexity index is 848. The first-order valence-electron chi connectivity index (χ1n) is 9.35. The van der Waals surface area contributed by atoms with E-state index in [4.69, 9.17) is 4.74 Å². The summed E-state index contributed by atoms with van der Waals surface area (Å²) in [4.78, 5) is 14.9. The molecule has 2 aromatic carbocycles. The van der Waals surface area contributed by atoms with Crippen molar-refractivity contribution in [2.24, 2.45) is 0 Å². The van der Waals surface area contributed by atoms with E-state index in [0.29, 0.717) is 32.8 Å². The molecule has 0 bridgehead atoms. The third-order valence-corrected chi connectivity index (χ3v) is 6.41. The number of ether oxygens (including phenoxy) is 1. The van der Waals surface area contributed by atoms with Gasteiger partial charge >= 0.3 is 0 Å². The SMILES string of the molecule is O=C([O-])N1CCN(C2c3ccccc3CC2OCc2cc(Br)cc(Br)c2)CC1. The van der Waals surface area contributed by atoms with E-state index < -0.39 is 6.09 Å². The molecule has 0 saturated carbocycles. The van der Waals surface area contributed by atoms with Crippen molar-refractivity contribution in [1.82, 2.24) is 9.80 Å². The number of amides is 1. The standard InChI is InChI=1S/C21H22Br2N2O3/c22-16-9-14(10-17(23)12-16)13-28-19-11-15-3-1-2-4-18(15)20(19)24-5-7-25(8-6-24)21(26)27/h1-4,9-10,12,19-20H,5-8,11,13H2,(H,26,27)/p-1. The Kier molecular flexibility index (Phi) is 6.06. The molecule has 1 amide bonds. The smallest absolute Gasteiger partial charge is 0.137 e. The van der Waals surface area contributed by atoms with E-state index in [0.717, 1.165) is 20.9 Å². The molecule has 28 heavy (non-hydrogen) atoms. The summed E-state index contributed by atoms with van der Waals surface area (Å²) in [5, 5.41) is 11.1. The fourth-order valence-corrected chi connectivity index (χ4v) is 5.59. The summed E-state index contributed by atoms with van der Waals surface area (Å²) in [6.07, 6.45) is -0.166. The average molecular weight is 509 g/mol. The van der Waals surface area contributed by atoms with Crippen molar-refractivity contribution in [3.8, 4) is 0 Å². The van der Waals surface area contributed by atoms with E-state index in [2.05, 4.69) is 73.2 Å². The Balaban J connectivity index is 1.50. The number of rotatable bonds is 4. The molecule has 5 nitrogen and oxygen atoms in total. The van der Waals surface area contributed by atoms with Crippen LogP contribution in [0.2, 0.25) is 0 Å². The van der Waals surface area contributed by atoms with E-state index in [1.807, 2.05) is 6.07 Å². The highest BCUT2D eigenvalue weighted by atomic mass is 79.9. The molecule has 1 saturated heterocycles. The second-order valence-corrected chi connectivity index (χ2v) is 9.10. The molecule has 0 N–H and O–H groups in total. The zero-order valence-corrected chi connectivity index (χ0v) is 18.5. The topological polar surface area (TPSA) is 55.8 Å². The van der Waals surface area contributed by atoms with Crippen molar-refractivity contribution >= 4 is 38.0 Å². The van der Waals surface area contributed by atoms with Crippen LogP contribution >= 0.6 is 31.9 Å². The minimum Gasteiger partial charge on any atom is -0.530 e. The van der Waals surface area contributed by atoms with Gasteiger partial charge in [0.2, 0.25) is 0 Å². The number of piperazine rings is 1. The van der Waals surface area contributed by atoms with Gasteiger partial charge in [-0.2, -0.15) is 0 Å². The largest absolute Gasteiger partial charge is 0.530 e. The maximum atomic E-state index is 11.1. The van der Waals surface area contributed by atoms with E-state index in [1.54, 1.807) is 0 Å². The minimum absolute atomic E-state index is 0.0460. The predicted molar refractivity (Wildman–Crippen MR) is 112 cm³/mol. The quantitative estimate of drug-likeness (QED) is 0.635. The van der Waals surface area contributed by atoms with Crippen molar-refractivity contribution in [3.63, 3.8) is 0 Å². The molecule has 0 radical (unpaired) electrons. The number of halogens is 2. The van der Waals surface area contributed by atoms with E-state index in [9.17, 15) is 9.90 Å². The lowest BCUT2D eigenvalue weighted by molar-refractivity contribution is -0.267. The van der Waals surface area contributed by atoms with Gasteiger partial charge in [-0.15, -0.1) is 0 Å². The van der Waals surface area contributed by atoms with Crippen LogP contribution < -0.4 is 5.11 Å². The van der Waals surface area contributed by atoms with Gasteiger partial charge in [-0.3, -0.25) is 4.90 Å². The highest BCUT2D eigenvalue weighted by Gasteiger charge is 2.38. The van der Waals surface area contributed by atoms with E-state index in [-0.39, 0.29) is 12.1 Å². The summed E-state index contributed by atoms with van der Waals surface area (Å²) in [7, 11) is 0. The van der Waals surface area contributed by atoms with E-state index >= 15 is 0 Å².